The molecule has 0 bridgehead atoms. The van der Waals surface area contributed by atoms with Gasteiger partial charge in [-0.25, -0.2) is 0 Å². The maximum absolute atomic E-state index is 12.9. The van der Waals surface area contributed by atoms with Crippen LogP contribution in [0.4, 0.5) is 5.69 Å². The molecule has 0 fully saturated rings. The lowest BCUT2D eigenvalue weighted by Crippen LogP contribution is -2.87. The van der Waals surface area contributed by atoms with Gasteiger partial charge < -0.3 is 15.4 Å². The molecule has 0 saturated heterocycles. The van der Waals surface area contributed by atoms with E-state index in [1.807, 2.05) is 61.5 Å². The first-order valence-corrected chi connectivity index (χ1v) is 8.67. The van der Waals surface area contributed by atoms with Crippen LogP contribution in [0.1, 0.15) is 38.3 Å². The number of nitrogens with two attached hydrogens (primary N) is 1. The van der Waals surface area contributed by atoms with Crippen LogP contribution >= 0.6 is 0 Å². The van der Waals surface area contributed by atoms with Gasteiger partial charge in [-0.3, -0.25) is 4.79 Å². The molecule has 0 heterocycles. The van der Waals surface area contributed by atoms with Gasteiger partial charge in [-0.05, 0) is 25.5 Å². The third-order valence-electron chi connectivity index (χ3n) is 3.85. The number of quaternary nitrogens is 1. The van der Waals surface area contributed by atoms with Crippen molar-refractivity contribution in [1.82, 2.24) is 0 Å². The second-order valence-corrected chi connectivity index (χ2v) is 5.68. The van der Waals surface area contributed by atoms with E-state index in [1.54, 1.807) is 0 Å². The van der Waals surface area contributed by atoms with Gasteiger partial charge in [0.1, 0.15) is 5.75 Å². The number of unbranched alkanes of at least 4 members (excludes halogenated alkanes) is 1. The van der Waals surface area contributed by atoms with E-state index in [4.69, 9.17) is 4.74 Å². The molecule has 24 heavy (non-hydrogen) atoms. The average molecular weight is 327 g/mol. The maximum Gasteiger partial charge on any atom is 0.287 e. The smallest absolute Gasteiger partial charge is 0.287 e. The molecule has 0 unspecified atom stereocenters. The minimum absolute atomic E-state index is 0.0237. The normalized spacial score (nSPS) is 11.8. The van der Waals surface area contributed by atoms with Crippen molar-refractivity contribution in [3.63, 3.8) is 0 Å². The number of para-hydroxylation sites is 2. The molecule has 2 aromatic rings. The molecular formula is C20H27N2O2+. The van der Waals surface area contributed by atoms with E-state index in [2.05, 4.69) is 17.6 Å². The molecule has 1 amide bonds. The van der Waals surface area contributed by atoms with E-state index in [-0.39, 0.29) is 11.9 Å². The summed E-state index contributed by atoms with van der Waals surface area (Å²) in [6.45, 7) is 5.59. The summed E-state index contributed by atoms with van der Waals surface area (Å²) in [4.78, 5) is 12.9. The van der Waals surface area contributed by atoms with Crippen LogP contribution in [0.5, 0.6) is 5.75 Å². The summed E-state index contributed by atoms with van der Waals surface area (Å²) < 4.78 is 5.60. The van der Waals surface area contributed by atoms with Gasteiger partial charge in [0, 0.05) is 5.56 Å². The van der Waals surface area contributed by atoms with E-state index in [9.17, 15) is 4.79 Å². The van der Waals surface area contributed by atoms with Crippen LogP contribution in [0.25, 0.3) is 0 Å². The topological polar surface area (TPSA) is 54.9 Å². The highest BCUT2D eigenvalue weighted by molar-refractivity contribution is 5.95. The van der Waals surface area contributed by atoms with Crippen molar-refractivity contribution in [1.29, 1.82) is 0 Å². The fraction of sp³-hybridized carbons (Fsp3) is 0.350. The van der Waals surface area contributed by atoms with E-state index < -0.39 is 0 Å². The Balaban J connectivity index is 2.15. The van der Waals surface area contributed by atoms with Crippen molar-refractivity contribution in [2.75, 3.05) is 18.5 Å². The maximum atomic E-state index is 12.9. The van der Waals surface area contributed by atoms with Crippen molar-refractivity contribution in [2.45, 2.75) is 32.7 Å². The standard InChI is InChI=1S/C20H26N2O2/c1-3-5-15-21-19(16-11-7-6-8-12-16)20(23)22-17-13-9-10-14-18(17)24-4-2/h6-14,19,21H,3-5,15H2,1-2H3,(H,22,23)/p+1/t19-/m1/s1. The number of rotatable bonds is 9. The number of hydrogen-bond acceptors (Lipinski definition) is 2. The van der Waals surface area contributed by atoms with Crippen LogP contribution < -0.4 is 15.4 Å². The Labute approximate surface area is 144 Å². The largest absolute Gasteiger partial charge is 0.492 e. The molecule has 0 aliphatic carbocycles. The Bertz CT molecular complexity index is 629. The van der Waals surface area contributed by atoms with Crippen molar-refractivity contribution in [3.05, 3.63) is 60.2 Å². The monoisotopic (exact) mass is 327 g/mol. The van der Waals surface area contributed by atoms with Crippen LogP contribution in [0.15, 0.2) is 54.6 Å². The summed E-state index contributed by atoms with van der Waals surface area (Å²) in [6.07, 6.45) is 2.21. The number of amides is 1. The lowest BCUT2D eigenvalue weighted by Gasteiger charge is -2.17. The number of carbonyl (C=O) groups excluding carboxylic acids is 1. The third-order valence-corrected chi connectivity index (χ3v) is 3.85. The van der Waals surface area contributed by atoms with Crippen LogP contribution in [0.3, 0.4) is 0 Å². The predicted molar refractivity (Wildman–Crippen MR) is 97.1 cm³/mol. The molecule has 4 nitrogen and oxygen atoms in total. The minimum atomic E-state index is -0.257. The van der Waals surface area contributed by atoms with Gasteiger partial charge in [-0.15, -0.1) is 0 Å². The Kier molecular flexibility index (Phi) is 7.30. The molecule has 0 radical (unpaired) electrons. The van der Waals surface area contributed by atoms with Crippen molar-refractivity contribution in [2.24, 2.45) is 0 Å². The summed E-state index contributed by atoms with van der Waals surface area (Å²) in [5.41, 5.74) is 1.73. The van der Waals surface area contributed by atoms with E-state index >= 15 is 0 Å². The fourth-order valence-corrected chi connectivity index (χ4v) is 2.61. The molecule has 0 saturated carbocycles. The molecular weight excluding hydrogens is 300 g/mol. The number of ether oxygens (including phenoxy) is 1. The fourth-order valence-electron chi connectivity index (χ4n) is 2.61. The molecule has 1 atom stereocenters. The van der Waals surface area contributed by atoms with Crippen LogP contribution in [-0.4, -0.2) is 19.1 Å². The van der Waals surface area contributed by atoms with E-state index in [0.717, 1.165) is 24.9 Å². The van der Waals surface area contributed by atoms with Gasteiger partial charge in [0.25, 0.3) is 5.91 Å². The van der Waals surface area contributed by atoms with Crippen molar-refractivity contribution < 1.29 is 14.8 Å². The first-order chi connectivity index (χ1) is 11.8. The van der Waals surface area contributed by atoms with Gasteiger partial charge in [-0.2, -0.15) is 0 Å². The number of nitrogens with one attached hydrogen (secondary N) is 1. The van der Waals surface area contributed by atoms with E-state index in [0.29, 0.717) is 18.0 Å². The minimum Gasteiger partial charge on any atom is -0.492 e. The summed E-state index contributed by atoms with van der Waals surface area (Å²) in [7, 11) is 0. The number of hydrogen-bond donors (Lipinski definition) is 2. The SMILES string of the molecule is CCCC[NH2+][C@@H](C(=O)Nc1ccccc1OCC)c1ccccc1. The quantitative estimate of drug-likeness (QED) is 0.695. The zero-order valence-electron chi connectivity index (χ0n) is 14.5. The Morgan fingerprint density at radius 2 is 1.79 bits per heavy atom. The van der Waals surface area contributed by atoms with Crippen LogP contribution in [-0.2, 0) is 4.79 Å². The molecule has 0 aromatic heterocycles. The van der Waals surface area contributed by atoms with Crippen molar-refractivity contribution in [3.8, 4) is 5.75 Å². The molecule has 3 N–H and O–H groups in total. The van der Waals surface area contributed by atoms with Gasteiger partial charge in [0.15, 0.2) is 6.04 Å². The summed E-state index contributed by atoms with van der Waals surface area (Å²) in [5, 5.41) is 5.13. The highest BCUT2D eigenvalue weighted by atomic mass is 16.5. The van der Waals surface area contributed by atoms with Gasteiger partial charge in [0.2, 0.25) is 0 Å². The number of anilines is 1. The number of carbonyl (C=O) groups is 1. The van der Waals surface area contributed by atoms with E-state index in [1.165, 1.54) is 0 Å². The highest BCUT2D eigenvalue weighted by Gasteiger charge is 2.24. The summed E-state index contributed by atoms with van der Waals surface area (Å²) >= 11 is 0. The molecule has 0 aliphatic heterocycles. The van der Waals surface area contributed by atoms with Crippen LogP contribution in [0, 0.1) is 0 Å². The molecule has 4 heteroatoms. The van der Waals surface area contributed by atoms with Gasteiger partial charge in [-0.1, -0.05) is 55.8 Å². The predicted octanol–water partition coefficient (Wildman–Crippen LogP) is 3.13. The molecule has 0 aliphatic rings. The Morgan fingerprint density at radius 1 is 1.08 bits per heavy atom. The van der Waals surface area contributed by atoms with Crippen molar-refractivity contribution >= 4 is 11.6 Å². The molecule has 128 valence electrons. The first-order valence-electron chi connectivity index (χ1n) is 8.67. The first kappa shape index (κ1) is 18.0. The summed E-state index contributed by atoms with van der Waals surface area (Å²) in [5.74, 6) is 0.679. The Hall–Kier alpha value is -2.33. The summed E-state index contributed by atoms with van der Waals surface area (Å²) in [6, 6.07) is 17.2. The zero-order chi connectivity index (χ0) is 17.2. The highest BCUT2D eigenvalue weighted by Crippen LogP contribution is 2.24. The lowest BCUT2D eigenvalue weighted by atomic mass is 10.1. The number of benzene rings is 2. The molecule has 2 rings (SSSR count). The van der Waals surface area contributed by atoms with Crippen LogP contribution in [0.2, 0.25) is 0 Å². The second-order valence-electron chi connectivity index (χ2n) is 5.68. The second kappa shape index (κ2) is 9.73. The molecule has 0 spiro atoms. The third kappa shape index (κ3) is 5.10. The van der Waals surface area contributed by atoms with Gasteiger partial charge >= 0.3 is 0 Å². The Morgan fingerprint density at radius 3 is 2.50 bits per heavy atom. The van der Waals surface area contributed by atoms with Gasteiger partial charge in [0.05, 0.1) is 18.8 Å². The lowest BCUT2D eigenvalue weighted by molar-refractivity contribution is -0.682. The molecule has 2 aromatic carbocycles. The zero-order valence-corrected chi connectivity index (χ0v) is 14.5. The average Bonchev–Trinajstić information content (AvgIpc) is 2.61.